The Labute approximate surface area is 97.0 Å². The molecule has 1 aromatic carbocycles. The van der Waals surface area contributed by atoms with Gasteiger partial charge in [0.05, 0.1) is 19.3 Å². The van der Waals surface area contributed by atoms with E-state index in [-0.39, 0.29) is 0 Å². The quantitative estimate of drug-likeness (QED) is 0.835. The Hall–Kier alpha value is -1.22. The van der Waals surface area contributed by atoms with Crippen LogP contribution in [0.2, 0.25) is 0 Å². The summed E-state index contributed by atoms with van der Waals surface area (Å²) < 4.78 is 10.8. The van der Waals surface area contributed by atoms with E-state index in [1.54, 1.807) is 21.0 Å². The van der Waals surface area contributed by atoms with Crippen molar-refractivity contribution in [3.05, 3.63) is 23.8 Å². The van der Waals surface area contributed by atoms with Gasteiger partial charge in [0.25, 0.3) is 0 Å². The van der Waals surface area contributed by atoms with E-state index >= 15 is 0 Å². The molecule has 0 amide bonds. The second-order valence-electron chi connectivity index (χ2n) is 4.27. The number of ether oxygens (including phenoxy) is 2. The zero-order valence-electron chi connectivity index (χ0n) is 10.4. The fraction of sp³-hybridized carbons (Fsp3) is 0.538. The molecule has 0 bridgehead atoms. The standard InChI is InChI=1S/C13H20O3/c1-5-8-16-12-9-10(13(2,3)14)6-7-11(12)15-4/h6-7,9,14H,5,8H2,1-4H3. The third-order valence-electron chi connectivity index (χ3n) is 2.33. The predicted octanol–water partition coefficient (Wildman–Crippen LogP) is 2.71. The molecule has 0 unspecified atom stereocenters. The van der Waals surface area contributed by atoms with Crippen molar-refractivity contribution in [2.45, 2.75) is 32.8 Å². The molecule has 0 aliphatic rings. The van der Waals surface area contributed by atoms with Crippen molar-refractivity contribution in [2.75, 3.05) is 13.7 Å². The number of rotatable bonds is 5. The summed E-state index contributed by atoms with van der Waals surface area (Å²) in [4.78, 5) is 0. The molecule has 0 saturated heterocycles. The minimum absolute atomic E-state index is 0.645. The average Bonchev–Trinajstić information content (AvgIpc) is 2.24. The van der Waals surface area contributed by atoms with Gasteiger partial charge in [-0.25, -0.2) is 0 Å². The lowest BCUT2D eigenvalue weighted by Gasteiger charge is -2.20. The van der Waals surface area contributed by atoms with Gasteiger partial charge in [-0.15, -0.1) is 0 Å². The fourth-order valence-corrected chi connectivity index (χ4v) is 1.38. The van der Waals surface area contributed by atoms with Crippen LogP contribution in [-0.2, 0) is 5.60 Å². The van der Waals surface area contributed by atoms with E-state index in [1.807, 2.05) is 25.1 Å². The molecule has 0 aliphatic carbocycles. The Kier molecular flexibility index (Phi) is 4.19. The molecule has 0 saturated carbocycles. The van der Waals surface area contributed by atoms with Gasteiger partial charge in [-0.3, -0.25) is 0 Å². The molecule has 0 spiro atoms. The first-order chi connectivity index (χ1) is 7.49. The Bertz CT molecular complexity index is 340. The van der Waals surface area contributed by atoms with Crippen molar-refractivity contribution in [3.8, 4) is 11.5 Å². The molecule has 0 atom stereocenters. The summed E-state index contributed by atoms with van der Waals surface area (Å²) in [6, 6.07) is 5.49. The first-order valence-corrected chi connectivity index (χ1v) is 5.52. The molecule has 1 rings (SSSR count). The van der Waals surface area contributed by atoms with Gasteiger partial charge in [0, 0.05) is 0 Å². The lowest BCUT2D eigenvalue weighted by Crippen LogP contribution is -2.15. The van der Waals surface area contributed by atoms with Crippen LogP contribution in [0.4, 0.5) is 0 Å². The van der Waals surface area contributed by atoms with Crippen LogP contribution in [-0.4, -0.2) is 18.8 Å². The lowest BCUT2D eigenvalue weighted by atomic mass is 9.98. The number of aliphatic hydroxyl groups is 1. The molecular formula is C13H20O3. The number of hydrogen-bond donors (Lipinski definition) is 1. The first-order valence-electron chi connectivity index (χ1n) is 5.52. The number of hydrogen-bond acceptors (Lipinski definition) is 3. The second kappa shape index (κ2) is 5.21. The van der Waals surface area contributed by atoms with Crippen molar-refractivity contribution in [3.63, 3.8) is 0 Å². The van der Waals surface area contributed by atoms with Gasteiger partial charge in [0.2, 0.25) is 0 Å². The topological polar surface area (TPSA) is 38.7 Å². The van der Waals surface area contributed by atoms with Gasteiger partial charge in [0.15, 0.2) is 11.5 Å². The van der Waals surface area contributed by atoms with Gasteiger partial charge in [-0.1, -0.05) is 13.0 Å². The van der Waals surface area contributed by atoms with Crippen LogP contribution in [0.1, 0.15) is 32.8 Å². The normalized spacial score (nSPS) is 11.3. The lowest BCUT2D eigenvalue weighted by molar-refractivity contribution is 0.0781. The molecule has 90 valence electrons. The average molecular weight is 224 g/mol. The monoisotopic (exact) mass is 224 g/mol. The second-order valence-corrected chi connectivity index (χ2v) is 4.27. The molecule has 3 nitrogen and oxygen atoms in total. The highest BCUT2D eigenvalue weighted by Gasteiger charge is 2.18. The van der Waals surface area contributed by atoms with Gasteiger partial charge >= 0.3 is 0 Å². The zero-order chi connectivity index (χ0) is 12.2. The van der Waals surface area contributed by atoms with Crippen LogP contribution < -0.4 is 9.47 Å². The number of methoxy groups -OCH3 is 1. The fourth-order valence-electron chi connectivity index (χ4n) is 1.38. The molecule has 0 radical (unpaired) electrons. The molecule has 1 aromatic rings. The third-order valence-corrected chi connectivity index (χ3v) is 2.33. The summed E-state index contributed by atoms with van der Waals surface area (Å²) in [5, 5.41) is 9.91. The van der Waals surface area contributed by atoms with Crippen molar-refractivity contribution in [2.24, 2.45) is 0 Å². The van der Waals surface area contributed by atoms with E-state index in [2.05, 4.69) is 0 Å². The highest BCUT2D eigenvalue weighted by Crippen LogP contribution is 2.32. The smallest absolute Gasteiger partial charge is 0.161 e. The van der Waals surface area contributed by atoms with E-state index < -0.39 is 5.60 Å². The molecule has 16 heavy (non-hydrogen) atoms. The van der Waals surface area contributed by atoms with Crippen LogP contribution in [0.3, 0.4) is 0 Å². The van der Waals surface area contributed by atoms with Gasteiger partial charge in [0.1, 0.15) is 0 Å². The Morgan fingerprint density at radius 2 is 1.94 bits per heavy atom. The maximum Gasteiger partial charge on any atom is 0.161 e. The summed E-state index contributed by atoms with van der Waals surface area (Å²) >= 11 is 0. The van der Waals surface area contributed by atoms with Gasteiger partial charge in [-0.2, -0.15) is 0 Å². The van der Waals surface area contributed by atoms with E-state index in [1.165, 1.54) is 0 Å². The molecule has 1 N–H and O–H groups in total. The summed E-state index contributed by atoms with van der Waals surface area (Å²) in [6.45, 7) is 6.19. The summed E-state index contributed by atoms with van der Waals surface area (Å²) in [5.74, 6) is 1.38. The maximum atomic E-state index is 9.91. The van der Waals surface area contributed by atoms with Crippen molar-refractivity contribution < 1.29 is 14.6 Å². The van der Waals surface area contributed by atoms with Crippen molar-refractivity contribution in [1.29, 1.82) is 0 Å². The zero-order valence-corrected chi connectivity index (χ0v) is 10.4. The van der Waals surface area contributed by atoms with Crippen LogP contribution >= 0.6 is 0 Å². The maximum absolute atomic E-state index is 9.91. The van der Waals surface area contributed by atoms with Gasteiger partial charge < -0.3 is 14.6 Å². The van der Waals surface area contributed by atoms with E-state index in [4.69, 9.17) is 9.47 Å². The molecule has 0 aliphatic heterocycles. The highest BCUT2D eigenvalue weighted by atomic mass is 16.5. The van der Waals surface area contributed by atoms with Crippen molar-refractivity contribution in [1.82, 2.24) is 0 Å². The van der Waals surface area contributed by atoms with Crippen molar-refractivity contribution >= 4 is 0 Å². The summed E-state index contributed by atoms with van der Waals surface area (Å²) in [6.07, 6.45) is 0.940. The van der Waals surface area contributed by atoms with Crippen LogP contribution in [0, 0.1) is 0 Å². The number of benzene rings is 1. The molecule has 0 heterocycles. The Morgan fingerprint density at radius 1 is 1.25 bits per heavy atom. The Morgan fingerprint density at radius 3 is 2.44 bits per heavy atom. The first kappa shape index (κ1) is 12.8. The van der Waals surface area contributed by atoms with Gasteiger partial charge in [-0.05, 0) is 38.0 Å². The summed E-state index contributed by atoms with van der Waals surface area (Å²) in [5.41, 5.74) is -0.0456. The third kappa shape index (κ3) is 3.14. The van der Waals surface area contributed by atoms with E-state index in [0.29, 0.717) is 18.1 Å². The minimum atomic E-state index is -0.864. The van der Waals surface area contributed by atoms with E-state index in [0.717, 1.165) is 12.0 Å². The Balaban J connectivity index is 3.01. The SMILES string of the molecule is CCCOc1cc(C(C)(C)O)ccc1OC. The summed E-state index contributed by atoms with van der Waals surface area (Å²) in [7, 11) is 1.61. The van der Waals surface area contributed by atoms with Crippen LogP contribution in [0.15, 0.2) is 18.2 Å². The van der Waals surface area contributed by atoms with Crippen LogP contribution in [0.5, 0.6) is 11.5 Å². The largest absolute Gasteiger partial charge is 0.493 e. The molecular weight excluding hydrogens is 204 g/mol. The van der Waals surface area contributed by atoms with E-state index in [9.17, 15) is 5.11 Å². The molecule has 3 heteroatoms. The minimum Gasteiger partial charge on any atom is -0.493 e. The predicted molar refractivity (Wildman–Crippen MR) is 64.0 cm³/mol. The van der Waals surface area contributed by atoms with Crippen LogP contribution in [0.25, 0.3) is 0 Å². The highest BCUT2D eigenvalue weighted by molar-refractivity contribution is 5.44. The molecule has 0 aromatic heterocycles. The molecule has 0 fully saturated rings.